The lowest BCUT2D eigenvalue weighted by Gasteiger charge is -2.10. The Morgan fingerprint density at radius 3 is 2.53 bits per heavy atom. The molecule has 1 aromatic carbocycles. The highest BCUT2D eigenvalue weighted by Gasteiger charge is 2.30. The van der Waals surface area contributed by atoms with Crippen LogP contribution in [0.2, 0.25) is 0 Å². The van der Waals surface area contributed by atoms with E-state index in [1.165, 1.54) is 6.07 Å². The summed E-state index contributed by atoms with van der Waals surface area (Å²) in [6, 6.07) is 3.30. The number of aliphatic hydroxyl groups excluding tert-OH is 1. The van der Waals surface area contributed by atoms with Gasteiger partial charge in [0.1, 0.15) is 0 Å². The molecule has 0 heterocycles. The van der Waals surface area contributed by atoms with Gasteiger partial charge in [-0.2, -0.15) is 13.2 Å². The van der Waals surface area contributed by atoms with Crippen LogP contribution in [0, 0.1) is 0 Å². The van der Waals surface area contributed by atoms with Crippen LogP contribution in [-0.4, -0.2) is 11.0 Å². The number of hydrogen-bond donors (Lipinski definition) is 1. The third-order valence-electron chi connectivity index (χ3n) is 2.21. The van der Waals surface area contributed by atoms with E-state index in [1.54, 1.807) is 12.2 Å². The van der Waals surface area contributed by atoms with E-state index in [2.05, 4.69) is 0 Å². The molecule has 1 nitrogen and oxygen atoms in total. The molecule has 0 unspecified atom stereocenters. The lowest BCUT2D eigenvalue weighted by molar-refractivity contribution is -0.137. The molecule has 5 heteroatoms. The monoisotopic (exact) mass is 264 g/mol. The van der Waals surface area contributed by atoms with Crippen molar-refractivity contribution in [3.8, 4) is 0 Å². The minimum atomic E-state index is -4.39. The van der Waals surface area contributed by atoms with Gasteiger partial charge in [-0.1, -0.05) is 18.2 Å². The minimum Gasteiger partial charge on any atom is -0.392 e. The zero-order chi connectivity index (χ0) is 12.9. The number of allylic oxidation sites excluding steroid dienone is 1. The first-order valence-corrected chi connectivity index (χ1v) is 5.56. The van der Waals surface area contributed by atoms with E-state index in [9.17, 15) is 13.2 Å². The maximum Gasteiger partial charge on any atom is 0.416 e. The molecular weight excluding hydrogens is 253 g/mol. The molecule has 1 N–H and O–H groups in total. The average molecular weight is 265 g/mol. The van der Waals surface area contributed by atoms with E-state index in [1.807, 2.05) is 0 Å². The van der Waals surface area contributed by atoms with Crippen LogP contribution in [0.25, 0.3) is 6.08 Å². The van der Waals surface area contributed by atoms with Gasteiger partial charge in [0.25, 0.3) is 0 Å². The summed E-state index contributed by atoms with van der Waals surface area (Å²) in [6.45, 7) is -0.426. The van der Waals surface area contributed by atoms with Crippen molar-refractivity contribution in [2.75, 3.05) is 5.88 Å². The summed E-state index contributed by atoms with van der Waals surface area (Å²) in [5.41, 5.74) is 0.0762. The van der Waals surface area contributed by atoms with Crippen LogP contribution in [0.15, 0.2) is 24.3 Å². The molecule has 0 fully saturated rings. The predicted octanol–water partition coefficient (Wildman–Crippen LogP) is 3.84. The molecule has 94 valence electrons. The molecule has 1 rings (SSSR count). The Kier molecular flexibility index (Phi) is 5.02. The molecule has 17 heavy (non-hydrogen) atoms. The van der Waals surface area contributed by atoms with Crippen molar-refractivity contribution >= 4 is 17.7 Å². The first kappa shape index (κ1) is 14.1. The second-order valence-electron chi connectivity index (χ2n) is 3.45. The van der Waals surface area contributed by atoms with Crippen LogP contribution in [0.3, 0.4) is 0 Å². The predicted molar refractivity (Wildman–Crippen MR) is 61.7 cm³/mol. The first-order chi connectivity index (χ1) is 7.99. The molecule has 0 aromatic heterocycles. The number of halogens is 4. The standard InChI is InChI=1S/C12H12ClF3O/c13-6-2-1-3-9-4-5-11(12(14,15)16)7-10(9)8-17/h1,3-5,7,17H,2,6,8H2. The summed E-state index contributed by atoms with van der Waals surface area (Å²) in [7, 11) is 0. The normalized spacial score (nSPS) is 12.3. The fourth-order valence-electron chi connectivity index (χ4n) is 1.35. The Hall–Kier alpha value is -1.00. The summed E-state index contributed by atoms with van der Waals surface area (Å²) < 4.78 is 37.3. The number of aliphatic hydroxyl groups is 1. The minimum absolute atomic E-state index is 0.255. The van der Waals surface area contributed by atoms with Gasteiger partial charge in [-0.05, 0) is 29.7 Å². The quantitative estimate of drug-likeness (QED) is 0.819. The Bertz CT molecular complexity index is 399. The number of alkyl halides is 4. The lowest BCUT2D eigenvalue weighted by Crippen LogP contribution is -2.06. The van der Waals surface area contributed by atoms with Gasteiger partial charge in [0.15, 0.2) is 0 Å². The van der Waals surface area contributed by atoms with Crippen LogP contribution in [0.1, 0.15) is 23.1 Å². The highest BCUT2D eigenvalue weighted by atomic mass is 35.5. The van der Waals surface area contributed by atoms with E-state index >= 15 is 0 Å². The van der Waals surface area contributed by atoms with Crippen molar-refractivity contribution in [1.82, 2.24) is 0 Å². The third-order valence-corrected chi connectivity index (χ3v) is 2.43. The summed E-state index contributed by atoms with van der Waals surface area (Å²) in [5.74, 6) is 0.450. The molecule has 0 saturated carbocycles. The van der Waals surface area contributed by atoms with Crippen molar-refractivity contribution < 1.29 is 18.3 Å². The average Bonchev–Trinajstić information content (AvgIpc) is 2.28. The molecule has 0 saturated heterocycles. The maximum atomic E-state index is 12.4. The summed E-state index contributed by atoms with van der Waals surface area (Å²) in [4.78, 5) is 0. The summed E-state index contributed by atoms with van der Waals surface area (Å²) in [5, 5.41) is 9.04. The Morgan fingerprint density at radius 1 is 1.29 bits per heavy atom. The number of hydrogen-bond acceptors (Lipinski definition) is 1. The first-order valence-electron chi connectivity index (χ1n) is 5.02. The van der Waals surface area contributed by atoms with Crippen molar-refractivity contribution in [1.29, 1.82) is 0 Å². The molecule has 0 atom stereocenters. The molecular formula is C12H12ClF3O. The third kappa shape index (κ3) is 4.06. The Morgan fingerprint density at radius 2 is 2.00 bits per heavy atom. The molecule has 0 aliphatic carbocycles. The van der Waals surface area contributed by atoms with Gasteiger partial charge in [-0.25, -0.2) is 0 Å². The smallest absolute Gasteiger partial charge is 0.392 e. The highest BCUT2D eigenvalue weighted by molar-refractivity contribution is 6.17. The van der Waals surface area contributed by atoms with Gasteiger partial charge in [-0.3, -0.25) is 0 Å². The Labute approximate surface area is 103 Å². The fraction of sp³-hybridized carbons (Fsp3) is 0.333. The van der Waals surface area contributed by atoms with Crippen LogP contribution in [0.4, 0.5) is 13.2 Å². The maximum absolute atomic E-state index is 12.4. The number of rotatable bonds is 4. The second kappa shape index (κ2) is 6.07. The van der Waals surface area contributed by atoms with Crippen LogP contribution in [0.5, 0.6) is 0 Å². The van der Waals surface area contributed by atoms with Crippen LogP contribution in [-0.2, 0) is 12.8 Å². The van der Waals surface area contributed by atoms with Gasteiger partial charge >= 0.3 is 6.18 Å². The second-order valence-corrected chi connectivity index (χ2v) is 3.83. The SMILES string of the molecule is OCc1cc(C(F)(F)F)ccc1C=CCCCl. The van der Waals surface area contributed by atoms with Crippen LogP contribution < -0.4 is 0 Å². The Balaban J connectivity index is 3.01. The van der Waals surface area contributed by atoms with E-state index in [-0.39, 0.29) is 5.56 Å². The largest absolute Gasteiger partial charge is 0.416 e. The number of benzene rings is 1. The molecule has 0 aliphatic heterocycles. The molecule has 0 aliphatic rings. The van der Waals surface area contributed by atoms with E-state index in [4.69, 9.17) is 16.7 Å². The van der Waals surface area contributed by atoms with Gasteiger partial charge < -0.3 is 5.11 Å². The van der Waals surface area contributed by atoms with Gasteiger partial charge in [0.2, 0.25) is 0 Å². The molecule has 0 amide bonds. The van der Waals surface area contributed by atoms with Crippen molar-refractivity contribution in [2.45, 2.75) is 19.2 Å². The zero-order valence-electron chi connectivity index (χ0n) is 8.97. The van der Waals surface area contributed by atoms with Crippen LogP contribution >= 0.6 is 11.6 Å². The van der Waals surface area contributed by atoms with E-state index in [0.717, 1.165) is 12.1 Å². The molecule has 1 aromatic rings. The summed E-state index contributed by atoms with van der Waals surface area (Å²) >= 11 is 5.48. The molecule has 0 radical (unpaired) electrons. The van der Waals surface area contributed by atoms with Crippen molar-refractivity contribution in [3.05, 3.63) is 41.0 Å². The zero-order valence-corrected chi connectivity index (χ0v) is 9.72. The highest BCUT2D eigenvalue weighted by Crippen LogP contribution is 2.30. The van der Waals surface area contributed by atoms with Gasteiger partial charge in [0.05, 0.1) is 12.2 Å². The fourth-order valence-corrected chi connectivity index (χ4v) is 1.48. The van der Waals surface area contributed by atoms with E-state index < -0.39 is 18.3 Å². The topological polar surface area (TPSA) is 20.2 Å². The molecule has 0 bridgehead atoms. The van der Waals surface area contributed by atoms with Crippen molar-refractivity contribution in [2.24, 2.45) is 0 Å². The van der Waals surface area contributed by atoms with Gasteiger partial charge in [0, 0.05) is 5.88 Å². The van der Waals surface area contributed by atoms with Crippen molar-refractivity contribution in [3.63, 3.8) is 0 Å². The molecule has 0 spiro atoms. The summed E-state index contributed by atoms with van der Waals surface area (Å²) in [6.07, 6.45) is -0.335. The lowest BCUT2D eigenvalue weighted by atomic mass is 10.0. The van der Waals surface area contributed by atoms with E-state index in [0.29, 0.717) is 17.9 Å². The van der Waals surface area contributed by atoms with Gasteiger partial charge in [-0.15, -0.1) is 11.6 Å².